The lowest BCUT2D eigenvalue weighted by atomic mass is 10.1. The van der Waals surface area contributed by atoms with E-state index in [4.69, 9.17) is 0 Å². The van der Waals surface area contributed by atoms with Crippen LogP contribution in [0.3, 0.4) is 0 Å². The van der Waals surface area contributed by atoms with Crippen LogP contribution < -0.4 is 10.3 Å². The van der Waals surface area contributed by atoms with E-state index in [0.29, 0.717) is 11.1 Å². The number of nitrogens with one attached hydrogen (secondary N) is 1. The number of non-ortho nitro benzene ring substituents is 1. The second-order valence-corrected chi connectivity index (χ2v) is 7.17. The number of nitrogens with zero attached hydrogens (tertiary/aromatic N) is 3. The van der Waals surface area contributed by atoms with E-state index in [-0.39, 0.29) is 11.6 Å². The first-order valence-corrected chi connectivity index (χ1v) is 9.46. The number of piperidine rings is 1. The Morgan fingerprint density at radius 1 is 1.19 bits per heavy atom. The molecule has 0 aromatic heterocycles. The van der Waals surface area contributed by atoms with Gasteiger partial charge in [-0.25, -0.2) is 5.43 Å². The highest BCUT2D eigenvalue weighted by molar-refractivity contribution is 9.10. The zero-order valence-electron chi connectivity index (χ0n) is 14.6. The first-order valence-electron chi connectivity index (χ1n) is 8.67. The lowest BCUT2D eigenvalue weighted by Gasteiger charge is -2.29. The summed E-state index contributed by atoms with van der Waals surface area (Å²) < 4.78 is 0.796. The number of halogens is 1. The van der Waals surface area contributed by atoms with Gasteiger partial charge in [-0.05, 0) is 43.5 Å². The summed E-state index contributed by atoms with van der Waals surface area (Å²) in [7, 11) is 0. The molecule has 8 heteroatoms. The number of amides is 1. The largest absolute Gasteiger partial charge is 0.371 e. The van der Waals surface area contributed by atoms with E-state index in [2.05, 4.69) is 31.4 Å². The third kappa shape index (κ3) is 4.91. The van der Waals surface area contributed by atoms with Crippen LogP contribution in [0, 0.1) is 10.1 Å². The van der Waals surface area contributed by atoms with Crippen molar-refractivity contribution < 1.29 is 9.72 Å². The van der Waals surface area contributed by atoms with Gasteiger partial charge in [0, 0.05) is 46.5 Å². The molecule has 27 heavy (non-hydrogen) atoms. The van der Waals surface area contributed by atoms with E-state index in [1.54, 1.807) is 24.3 Å². The monoisotopic (exact) mass is 430 g/mol. The number of hydrogen-bond acceptors (Lipinski definition) is 5. The lowest BCUT2D eigenvalue weighted by Crippen LogP contribution is -2.30. The average Bonchev–Trinajstić information content (AvgIpc) is 2.68. The van der Waals surface area contributed by atoms with Crippen LogP contribution >= 0.6 is 15.9 Å². The van der Waals surface area contributed by atoms with Crippen LogP contribution in [0.5, 0.6) is 0 Å². The molecule has 0 bridgehead atoms. The maximum Gasteiger partial charge on any atom is 0.271 e. The maximum absolute atomic E-state index is 12.2. The molecule has 0 radical (unpaired) electrons. The van der Waals surface area contributed by atoms with Crippen molar-refractivity contribution in [3.8, 4) is 0 Å². The minimum atomic E-state index is -0.433. The van der Waals surface area contributed by atoms with E-state index in [1.807, 2.05) is 6.07 Å². The first kappa shape index (κ1) is 19.0. The topological polar surface area (TPSA) is 87.8 Å². The third-order valence-corrected chi connectivity index (χ3v) is 4.87. The van der Waals surface area contributed by atoms with Crippen molar-refractivity contribution in [3.63, 3.8) is 0 Å². The van der Waals surface area contributed by atoms with Gasteiger partial charge < -0.3 is 4.90 Å². The summed E-state index contributed by atoms with van der Waals surface area (Å²) >= 11 is 3.32. The van der Waals surface area contributed by atoms with Crippen molar-refractivity contribution >= 4 is 39.4 Å². The second kappa shape index (κ2) is 8.77. The minimum Gasteiger partial charge on any atom is -0.371 e. The minimum absolute atomic E-state index is 0.00414. The Hall–Kier alpha value is -2.74. The van der Waals surface area contributed by atoms with Crippen LogP contribution in [-0.2, 0) is 0 Å². The molecular weight excluding hydrogens is 412 g/mol. The summed E-state index contributed by atoms with van der Waals surface area (Å²) in [6.45, 7) is 1.81. The van der Waals surface area contributed by atoms with Crippen molar-refractivity contribution in [1.29, 1.82) is 0 Å². The van der Waals surface area contributed by atoms with Crippen molar-refractivity contribution in [3.05, 3.63) is 68.2 Å². The average molecular weight is 431 g/mol. The van der Waals surface area contributed by atoms with E-state index >= 15 is 0 Å². The van der Waals surface area contributed by atoms with Gasteiger partial charge in [0.1, 0.15) is 0 Å². The molecule has 2 aromatic rings. The van der Waals surface area contributed by atoms with Crippen molar-refractivity contribution in [1.82, 2.24) is 5.43 Å². The Balaban J connectivity index is 1.80. The molecule has 1 fully saturated rings. The van der Waals surface area contributed by atoms with E-state index < -0.39 is 4.92 Å². The summed E-state index contributed by atoms with van der Waals surface area (Å²) in [6.07, 6.45) is 4.84. The van der Waals surface area contributed by atoms with Gasteiger partial charge in [-0.1, -0.05) is 22.0 Å². The van der Waals surface area contributed by atoms with E-state index in [0.717, 1.165) is 36.1 Å². The van der Waals surface area contributed by atoms with Crippen LogP contribution in [0.15, 0.2) is 52.0 Å². The number of nitro groups is 1. The van der Waals surface area contributed by atoms with Crippen molar-refractivity contribution in [2.45, 2.75) is 19.3 Å². The summed E-state index contributed by atoms with van der Waals surface area (Å²) in [5.41, 5.74) is 4.44. The highest BCUT2D eigenvalue weighted by Gasteiger charge is 2.17. The molecule has 1 aliphatic heterocycles. The van der Waals surface area contributed by atoms with Crippen LogP contribution in [0.2, 0.25) is 0 Å². The Kier molecular flexibility index (Phi) is 6.18. The van der Waals surface area contributed by atoms with Crippen molar-refractivity contribution in [2.75, 3.05) is 18.0 Å². The summed E-state index contributed by atoms with van der Waals surface area (Å²) in [4.78, 5) is 25.1. The number of carbonyl (C=O) groups excluding carboxylic acids is 1. The van der Waals surface area contributed by atoms with Crippen LogP contribution in [-0.4, -0.2) is 30.1 Å². The predicted molar refractivity (Wildman–Crippen MR) is 108 cm³/mol. The molecule has 0 saturated carbocycles. The van der Waals surface area contributed by atoms with Crippen LogP contribution in [0.25, 0.3) is 0 Å². The molecule has 1 saturated heterocycles. The van der Waals surface area contributed by atoms with E-state index in [1.165, 1.54) is 24.8 Å². The quantitative estimate of drug-likeness (QED) is 0.439. The summed E-state index contributed by atoms with van der Waals surface area (Å²) in [6, 6.07) is 11.7. The second-order valence-electron chi connectivity index (χ2n) is 6.26. The number of benzene rings is 2. The highest BCUT2D eigenvalue weighted by Crippen LogP contribution is 2.27. The molecule has 0 aliphatic carbocycles. The zero-order chi connectivity index (χ0) is 19.2. The molecule has 0 atom stereocenters. The molecule has 2 aromatic carbocycles. The molecule has 1 aliphatic rings. The molecular formula is C19H19BrN4O3. The molecule has 0 unspecified atom stereocenters. The fourth-order valence-corrected chi connectivity index (χ4v) is 3.44. The number of rotatable bonds is 5. The zero-order valence-corrected chi connectivity index (χ0v) is 16.2. The number of nitro benzene ring substituents is 1. The molecule has 140 valence electrons. The standard InChI is InChI=1S/C19H19BrN4O3/c20-16-6-4-5-14(11-16)19(25)22-21-13-15-12-17(24(26)27)7-8-18(15)23-9-2-1-3-10-23/h4-8,11-13H,1-3,9-10H2,(H,22,25)/b21-13-. The smallest absolute Gasteiger partial charge is 0.271 e. The fourth-order valence-electron chi connectivity index (χ4n) is 3.04. The maximum atomic E-state index is 12.2. The molecule has 1 amide bonds. The van der Waals surface area contributed by atoms with Gasteiger partial charge in [0.05, 0.1) is 11.1 Å². The Morgan fingerprint density at radius 2 is 1.96 bits per heavy atom. The summed E-state index contributed by atoms with van der Waals surface area (Å²) in [5.74, 6) is -0.350. The number of anilines is 1. The Labute approximate surface area is 165 Å². The number of hydrazone groups is 1. The van der Waals surface area contributed by atoms with Gasteiger partial charge >= 0.3 is 0 Å². The molecule has 1 heterocycles. The first-order chi connectivity index (χ1) is 13.0. The van der Waals surface area contributed by atoms with Gasteiger partial charge in [-0.3, -0.25) is 14.9 Å². The Morgan fingerprint density at radius 3 is 2.67 bits per heavy atom. The molecule has 3 rings (SSSR count). The van der Waals surface area contributed by atoms with Crippen molar-refractivity contribution in [2.24, 2.45) is 5.10 Å². The van der Waals surface area contributed by atoms with Gasteiger partial charge in [0.25, 0.3) is 11.6 Å². The lowest BCUT2D eigenvalue weighted by molar-refractivity contribution is -0.384. The number of hydrogen-bond donors (Lipinski definition) is 1. The molecule has 7 nitrogen and oxygen atoms in total. The molecule has 1 N–H and O–H groups in total. The van der Waals surface area contributed by atoms with Gasteiger partial charge in [0.15, 0.2) is 0 Å². The Bertz CT molecular complexity index is 879. The normalized spacial score (nSPS) is 14.3. The highest BCUT2D eigenvalue weighted by atomic mass is 79.9. The number of carbonyl (C=O) groups is 1. The van der Waals surface area contributed by atoms with Crippen LogP contribution in [0.1, 0.15) is 35.2 Å². The third-order valence-electron chi connectivity index (χ3n) is 4.38. The fraction of sp³-hybridized carbons (Fsp3) is 0.263. The SMILES string of the molecule is O=C(N/N=C\c1cc([N+](=O)[O-])ccc1N1CCCCC1)c1cccc(Br)c1. The van der Waals surface area contributed by atoms with Gasteiger partial charge in [-0.15, -0.1) is 0 Å². The van der Waals surface area contributed by atoms with Crippen LogP contribution in [0.4, 0.5) is 11.4 Å². The van der Waals surface area contributed by atoms with Gasteiger partial charge in [-0.2, -0.15) is 5.10 Å². The summed E-state index contributed by atoms with van der Waals surface area (Å²) in [5, 5.41) is 15.1. The predicted octanol–water partition coefficient (Wildman–Crippen LogP) is 4.11. The van der Waals surface area contributed by atoms with E-state index in [9.17, 15) is 14.9 Å². The van der Waals surface area contributed by atoms with Gasteiger partial charge in [0.2, 0.25) is 0 Å². The molecule has 0 spiro atoms.